The van der Waals surface area contributed by atoms with Crippen LogP contribution in [0.5, 0.6) is 0 Å². The molecule has 0 aliphatic carbocycles. The summed E-state index contributed by atoms with van der Waals surface area (Å²) in [5.41, 5.74) is 2.77. The van der Waals surface area contributed by atoms with E-state index in [1.807, 2.05) is 73.5 Å². The molecule has 4 heteroatoms. The molecule has 1 atom stereocenters. The van der Waals surface area contributed by atoms with Gasteiger partial charge in [-0.25, -0.2) is 0 Å². The van der Waals surface area contributed by atoms with Gasteiger partial charge in [-0.1, -0.05) is 42.5 Å². The lowest BCUT2D eigenvalue weighted by Crippen LogP contribution is -2.30. The average molecular weight is 336 g/mol. The molecule has 130 valence electrons. The minimum atomic E-state index is -0.00838. The number of nitrogens with zero attached hydrogens (tertiary/aromatic N) is 2. The highest BCUT2D eigenvalue weighted by atomic mass is 16.2. The van der Waals surface area contributed by atoms with Crippen molar-refractivity contribution in [3.8, 4) is 0 Å². The van der Waals surface area contributed by atoms with Gasteiger partial charge in [0.1, 0.15) is 0 Å². The first-order chi connectivity index (χ1) is 12.1. The lowest BCUT2D eigenvalue weighted by molar-refractivity contribution is -0.128. The molecule has 1 heterocycles. The molecule has 0 spiro atoms. The Bertz CT molecular complexity index is 758. The normalized spacial score (nSPS) is 15.3. The van der Waals surface area contributed by atoms with Gasteiger partial charge in [-0.15, -0.1) is 0 Å². The highest BCUT2D eigenvalue weighted by molar-refractivity contribution is 5.94. The predicted octanol–water partition coefficient (Wildman–Crippen LogP) is 3.64. The van der Waals surface area contributed by atoms with E-state index in [1.54, 1.807) is 4.90 Å². The van der Waals surface area contributed by atoms with E-state index in [9.17, 15) is 9.59 Å². The zero-order valence-electron chi connectivity index (χ0n) is 14.8. The van der Waals surface area contributed by atoms with Crippen LogP contribution in [0.3, 0.4) is 0 Å². The number of likely N-dealkylation sites (tertiary alicyclic amines) is 1. The summed E-state index contributed by atoms with van der Waals surface area (Å²) in [6.45, 7) is 3.42. The summed E-state index contributed by atoms with van der Waals surface area (Å²) < 4.78 is 0. The molecular formula is C21H24N2O2. The van der Waals surface area contributed by atoms with Crippen molar-refractivity contribution in [3.63, 3.8) is 0 Å². The lowest BCUT2D eigenvalue weighted by atomic mass is 10.1. The van der Waals surface area contributed by atoms with E-state index in [0.717, 1.165) is 24.1 Å². The van der Waals surface area contributed by atoms with Crippen LogP contribution in [0.4, 0.5) is 0 Å². The smallest absolute Gasteiger partial charge is 0.254 e. The van der Waals surface area contributed by atoms with Crippen LogP contribution in [0.15, 0.2) is 54.6 Å². The minimum Gasteiger partial charge on any atom is -0.338 e. The third kappa shape index (κ3) is 3.90. The predicted molar refractivity (Wildman–Crippen MR) is 98.0 cm³/mol. The molecule has 3 rings (SSSR count). The van der Waals surface area contributed by atoms with Crippen LogP contribution < -0.4 is 0 Å². The van der Waals surface area contributed by atoms with Crippen LogP contribution in [0, 0.1) is 0 Å². The molecule has 4 nitrogen and oxygen atoms in total. The Hall–Kier alpha value is -2.62. The summed E-state index contributed by atoms with van der Waals surface area (Å²) in [7, 11) is 1.83. The van der Waals surface area contributed by atoms with Crippen molar-refractivity contribution in [2.24, 2.45) is 0 Å². The lowest BCUT2D eigenvalue weighted by Gasteiger charge is -2.26. The van der Waals surface area contributed by atoms with Gasteiger partial charge in [-0.3, -0.25) is 9.59 Å². The first-order valence-corrected chi connectivity index (χ1v) is 8.75. The monoisotopic (exact) mass is 336 g/mol. The maximum atomic E-state index is 12.9. The Kier molecular flexibility index (Phi) is 5.17. The van der Waals surface area contributed by atoms with Gasteiger partial charge < -0.3 is 9.80 Å². The molecular weight excluding hydrogens is 312 g/mol. The zero-order chi connectivity index (χ0) is 17.8. The summed E-state index contributed by atoms with van der Waals surface area (Å²) in [6.07, 6.45) is 1.56. The van der Waals surface area contributed by atoms with Crippen molar-refractivity contribution < 1.29 is 9.59 Å². The highest BCUT2D eigenvalue weighted by Gasteiger charge is 2.22. The van der Waals surface area contributed by atoms with E-state index >= 15 is 0 Å². The van der Waals surface area contributed by atoms with Gasteiger partial charge in [-0.05, 0) is 36.6 Å². The number of carbonyl (C=O) groups excluding carboxylic acids is 2. The molecule has 0 N–H and O–H groups in total. The summed E-state index contributed by atoms with van der Waals surface area (Å²) in [4.78, 5) is 28.3. The van der Waals surface area contributed by atoms with Gasteiger partial charge in [0.2, 0.25) is 5.91 Å². The molecule has 1 aliphatic heterocycles. The quantitative estimate of drug-likeness (QED) is 0.836. The van der Waals surface area contributed by atoms with E-state index in [-0.39, 0.29) is 17.9 Å². The number of amides is 2. The molecule has 1 unspecified atom stereocenters. The molecule has 1 aliphatic rings. The summed E-state index contributed by atoms with van der Waals surface area (Å²) in [6, 6.07) is 17.6. The van der Waals surface area contributed by atoms with Crippen LogP contribution in [-0.2, 0) is 11.3 Å². The maximum Gasteiger partial charge on any atom is 0.254 e. The van der Waals surface area contributed by atoms with E-state index in [2.05, 4.69) is 0 Å². The fourth-order valence-electron chi connectivity index (χ4n) is 3.23. The number of hydrogen-bond donors (Lipinski definition) is 0. The number of hydrogen-bond acceptors (Lipinski definition) is 2. The van der Waals surface area contributed by atoms with Crippen molar-refractivity contribution in [3.05, 3.63) is 71.3 Å². The number of carbonyl (C=O) groups is 2. The fraction of sp³-hybridized carbons (Fsp3) is 0.333. The van der Waals surface area contributed by atoms with Gasteiger partial charge >= 0.3 is 0 Å². The van der Waals surface area contributed by atoms with E-state index in [4.69, 9.17) is 0 Å². The Morgan fingerprint density at radius 1 is 1.16 bits per heavy atom. The average Bonchev–Trinajstić information content (AvgIpc) is 3.05. The number of benzene rings is 2. The van der Waals surface area contributed by atoms with Crippen molar-refractivity contribution in [1.29, 1.82) is 0 Å². The Morgan fingerprint density at radius 2 is 1.92 bits per heavy atom. The van der Waals surface area contributed by atoms with Gasteiger partial charge in [0.15, 0.2) is 0 Å². The van der Waals surface area contributed by atoms with Crippen LogP contribution in [0.2, 0.25) is 0 Å². The molecule has 2 aromatic carbocycles. The van der Waals surface area contributed by atoms with Gasteiger partial charge in [0.05, 0.1) is 6.04 Å². The van der Waals surface area contributed by atoms with Crippen molar-refractivity contribution >= 4 is 11.8 Å². The largest absolute Gasteiger partial charge is 0.338 e. The summed E-state index contributed by atoms with van der Waals surface area (Å²) in [5, 5.41) is 0. The molecule has 1 fully saturated rings. The summed E-state index contributed by atoms with van der Waals surface area (Å²) >= 11 is 0. The topological polar surface area (TPSA) is 40.6 Å². The molecule has 25 heavy (non-hydrogen) atoms. The second-order valence-corrected chi connectivity index (χ2v) is 6.62. The van der Waals surface area contributed by atoms with Crippen molar-refractivity contribution in [2.45, 2.75) is 32.4 Å². The Morgan fingerprint density at radius 3 is 2.60 bits per heavy atom. The first-order valence-electron chi connectivity index (χ1n) is 8.75. The SMILES string of the molecule is CC(c1ccccc1)N(C)C(=O)c1cccc(CN2CCCC2=O)c1. The molecule has 0 saturated carbocycles. The molecule has 0 bridgehead atoms. The van der Waals surface area contributed by atoms with Crippen molar-refractivity contribution in [2.75, 3.05) is 13.6 Å². The Labute approximate surface area is 149 Å². The maximum absolute atomic E-state index is 12.9. The highest BCUT2D eigenvalue weighted by Crippen LogP contribution is 2.21. The van der Waals surface area contributed by atoms with E-state index < -0.39 is 0 Å². The van der Waals surface area contributed by atoms with Crippen LogP contribution >= 0.6 is 0 Å². The van der Waals surface area contributed by atoms with E-state index in [1.165, 1.54) is 0 Å². The third-order valence-electron chi connectivity index (χ3n) is 4.90. The van der Waals surface area contributed by atoms with Gasteiger partial charge in [0, 0.05) is 32.1 Å². The van der Waals surface area contributed by atoms with Gasteiger partial charge in [-0.2, -0.15) is 0 Å². The van der Waals surface area contributed by atoms with Crippen LogP contribution in [-0.4, -0.2) is 35.2 Å². The van der Waals surface area contributed by atoms with Crippen LogP contribution in [0.25, 0.3) is 0 Å². The third-order valence-corrected chi connectivity index (χ3v) is 4.90. The standard InChI is InChI=1S/C21H24N2O2/c1-16(18-9-4-3-5-10-18)22(2)21(25)19-11-6-8-17(14-19)15-23-13-7-12-20(23)24/h3-6,8-11,14,16H,7,12-13,15H2,1-2H3. The second-order valence-electron chi connectivity index (χ2n) is 6.62. The first kappa shape index (κ1) is 17.2. The van der Waals surface area contributed by atoms with Gasteiger partial charge in [0.25, 0.3) is 5.91 Å². The number of rotatable bonds is 5. The summed E-state index contributed by atoms with van der Waals surface area (Å²) in [5.74, 6) is 0.192. The Balaban J connectivity index is 1.73. The molecule has 2 aromatic rings. The molecule has 0 aromatic heterocycles. The molecule has 2 amide bonds. The second kappa shape index (κ2) is 7.51. The fourth-order valence-corrected chi connectivity index (χ4v) is 3.23. The molecule has 0 radical (unpaired) electrons. The van der Waals surface area contributed by atoms with Crippen LogP contribution in [0.1, 0.15) is 47.3 Å². The van der Waals surface area contributed by atoms with E-state index in [0.29, 0.717) is 18.5 Å². The minimum absolute atomic E-state index is 0.00230. The molecule has 1 saturated heterocycles. The zero-order valence-corrected chi connectivity index (χ0v) is 14.8. The van der Waals surface area contributed by atoms with Crippen molar-refractivity contribution in [1.82, 2.24) is 9.80 Å².